The minimum absolute atomic E-state index is 0.416. The van der Waals surface area contributed by atoms with E-state index in [9.17, 15) is 0 Å². The molecule has 1 unspecified atom stereocenters. The van der Waals surface area contributed by atoms with E-state index in [1.165, 1.54) is 29.7 Å². The molecule has 0 bridgehead atoms. The summed E-state index contributed by atoms with van der Waals surface area (Å²) >= 11 is 3.58. The van der Waals surface area contributed by atoms with Crippen molar-refractivity contribution in [3.05, 3.63) is 64.4 Å². The van der Waals surface area contributed by atoms with E-state index in [1.54, 1.807) is 0 Å². The van der Waals surface area contributed by atoms with Crippen LogP contribution in [0.1, 0.15) is 30.3 Å². The summed E-state index contributed by atoms with van der Waals surface area (Å²) in [4.78, 5) is 4.81. The fraction of sp³-hybridized carbons (Fsp3) is 0.235. The predicted octanol–water partition coefficient (Wildman–Crippen LogP) is 4.72. The third kappa shape index (κ3) is 1.88. The summed E-state index contributed by atoms with van der Waals surface area (Å²) in [5, 5.41) is 0. The molecule has 3 heteroatoms. The van der Waals surface area contributed by atoms with Crippen LogP contribution in [0.25, 0.3) is 11.0 Å². The molecule has 1 atom stereocenters. The number of benzene rings is 2. The summed E-state index contributed by atoms with van der Waals surface area (Å²) in [6.45, 7) is 0. The Morgan fingerprint density at radius 1 is 1.10 bits per heavy atom. The van der Waals surface area contributed by atoms with Crippen LogP contribution in [0.15, 0.2) is 53.0 Å². The van der Waals surface area contributed by atoms with Crippen LogP contribution in [0, 0.1) is 0 Å². The number of fused-ring (bicyclic) bond motifs is 3. The number of rotatable bonds is 1. The highest BCUT2D eigenvalue weighted by Gasteiger charge is 2.24. The Bertz CT molecular complexity index is 761. The van der Waals surface area contributed by atoms with E-state index in [2.05, 4.69) is 69.0 Å². The number of halogens is 1. The van der Waals surface area contributed by atoms with Gasteiger partial charge in [0.2, 0.25) is 0 Å². The van der Waals surface area contributed by atoms with Crippen LogP contribution in [0.2, 0.25) is 0 Å². The molecule has 0 saturated carbocycles. The van der Waals surface area contributed by atoms with Gasteiger partial charge in [0.05, 0.1) is 17.1 Å². The highest BCUT2D eigenvalue weighted by Crippen LogP contribution is 2.34. The normalized spacial score (nSPS) is 18.1. The van der Waals surface area contributed by atoms with Crippen molar-refractivity contribution in [1.29, 1.82) is 0 Å². The molecule has 1 aromatic heterocycles. The first-order valence-electron chi connectivity index (χ1n) is 7.04. The molecule has 3 aromatic rings. The molecule has 0 spiro atoms. The third-order valence-corrected chi connectivity index (χ3v) is 4.59. The lowest BCUT2D eigenvalue weighted by Crippen LogP contribution is -2.18. The highest BCUT2D eigenvalue weighted by molar-refractivity contribution is 9.10. The van der Waals surface area contributed by atoms with Crippen molar-refractivity contribution in [2.24, 2.45) is 0 Å². The van der Waals surface area contributed by atoms with Gasteiger partial charge in [0.15, 0.2) is 0 Å². The fourth-order valence-electron chi connectivity index (χ4n) is 3.21. The van der Waals surface area contributed by atoms with Crippen molar-refractivity contribution in [2.45, 2.75) is 25.3 Å². The Labute approximate surface area is 126 Å². The Morgan fingerprint density at radius 3 is 2.80 bits per heavy atom. The molecule has 0 aliphatic carbocycles. The van der Waals surface area contributed by atoms with Gasteiger partial charge in [-0.25, -0.2) is 4.98 Å². The molecule has 0 fully saturated rings. The maximum atomic E-state index is 4.81. The van der Waals surface area contributed by atoms with Gasteiger partial charge in [-0.05, 0) is 36.6 Å². The maximum Gasteiger partial charge on any atom is 0.110 e. The molecular formula is C17H15BrN2. The number of aryl methyl sites for hydroxylation is 1. The summed E-state index contributed by atoms with van der Waals surface area (Å²) in [7, 11) is 0. The van der Waals surface area contributed by atoms with Crippen molar-refractivity contribution in [3.63, 3.8) is 0 Å². The number of nitrogens with zero attached hydrogens (tertiary/aromatic N) is 2. The van der Waals surface area contributed by atoms with Crippen LogP contribution in [0.3, 0.4) is 0 Å². The van der Waals surface area contributed by atoms with Gasteiger partial charge < -0.3 is 4.57 Å². The molecule has 100 valence electrons. The monoisotopic (exact) mass is 326 g/mol. The van der Waals surface area contributed by atoms with Crippen molar-refractivity contribution in [2.75, 3.05) is 0 Å². The molecule has 2 nitrogen and oxygen atoms in total. The number of hydrogen-bond donors (Lipinski definition) is 0. The lowest BCUT2D eigenvalue weighted by Gasteiger charge is -2.26. The van der Waals surface area contributed by atoms with Crippen LogP contribution in [0.4, 0.5) is 0 Å². The van der Waals surface area contributed by atoms with Gasteiger partial charge >= 0.3 is 0 Å². The number of hydrogen-bond acceptors (Lipinski definition) is 1. The van der Waals surface area contributed by atoms with Gasteiger partial charge in [0, 0.05) is 10.9 Å². The maximum absolute atomic E-state index is 4.81. The third-order valence-electron chi connectivity index (χ3n) is 4.10. The highest BCUT2D eigenvalue weighted by atomic mass is 79.9. The van der Waals surface area contributed by atoms with Crippen LogP contribution in [-0.4, -0.2) is 9.55 Å². The smallest absolute Gasteiger partial charge is 0.110 e. The Kier molecular flexibility index (Phi) is 2.88. The van der Waals surface area contributed by atoms with Crippen LogP contribution >= 0.6 is 15.9 Å². The second-order valence-corrected chi connectivity index (χ2v) is 6.27. The Morgan fingerprint density at radius 2 is 1.95 bits per heavy atom. The molecule has 0 N–H and O–H groups in total. The largest absolute Gasteiger partial charge is 0.320 e. The zero-order chi connectivity index (χ0) is 13.5. The van der Waals surface area contributed by atoms with E-state index in [-0.39, 0.29) is 0 Å². The summed E-state index contributed by atoms with van der Waals surface area (Å²) in [6, 6.07) is 17.6. The van der Waals surface area contributed by atoms with Crippen LogP contribution in [-0.2, 0) is 6.42 Å². The molecule has 2 aromatic carbocycles. The van der Waals surface area contributed by atoms with E-state index >= 15 is 0 Å². The summed E-state index contributed by atoms with van der Waals surface area (Å²) in [5.74, 6) is 1.22. The average Bonchev–Trinajstić information content (AvgIpc) is 2.86. The quantitative estimate of drug-likeness (QED) is 0.632. The molecule has 20 heavy (non-hydrogen) atoms. The average molecular weight is 327 g/mol. The zero-order valence-corrected chi connectivity index (χ0v) is 12.7. The topological polar surface area (TPSA) is 17.8 Å². The second kappa shape index (κ2) is 4.74. The molecule has 0 amide bonds. The van der Waals surface area contributed by atoms with E-state index in [0.29, 0.717) is 6.04 Å². The van der Waals surface area contributed by atoms with E-state index < -0.39 is 0 Å². The summed E-state index contributed by atoms with van der Waals surface area (Å²) < 4.78 is 3.55. The molecular weight excluding hydrogens is 312 g/mol. The molecule has 4 rings (SSSR count). The van der Waals surface area contributed by atoms with Crippen molar-refractivity contribution in [3.8, 4) is 0 Å². The summed E-state index contributed by atoms with van der Waals surface area (Å²) in [5.41, 5.74) is 3.72. The number of imidazole rings is 1. The SMILES string of the molecule is Brc1ccc2nc3n(c2c1)C(c1ccccc1)CCC3. The molecule has 1 aliphatic rings. The molecule has 0 saturated heterocycles. The van der Waals surface area contributed by atoms with E-state index in [1.807, 2.05) is 0 Å². The van der Waals surface area contributed by atoms with Gasteiger partial charge in [-0.2, -0.15) is 0 Å². The zero-order valence-electron chi connectivity index (χ0n) is 11.1. The second-order valence-electron chi connectivity index (χ2n) is 5.35. The van der Waals surface area contributed by atoms with Gasteiger partial charge in [-0.1, -0.05) is 46.3 Å². The summed E-state index contributed by atoms with van der Waals surface area (Å²) in [6.07, 6.45) is 3.48. The fourth-order valence-corrected chi connectivity index (χ4v) is 3.56. The lowest BCUT2D eigenvalue weighted by molar-refractivity contribution is 0.461. The van der Waals surface area contributed by atoms with Crippen molar-refractivity contribution < 1.29 is 0 Å². The van der Waals surface area contributed by atoms with Gasteiger partial charge in [-0.15, -0.1) is 0 Å². The minimum atomic E-state index is 0.416. The van der Waals surface area contributed by atoms with E-state index in [4.69, 9.17) is 4.98 Å². The van der Waals surface area contributed by atoms with Gasteiger partial charge in [-0.3, -0.25) is 0 Å². The lowest BCUT2D eigenvalue weighted by atomic mass is 9.97. The molecule has 2 heterocycles. The molecule has 1 aliphatic heterocycles. The first-order chi connectivity index (χ1) is 9.83. The first kappa shape index (κ1) is 12.2. The first-order valence-corrected chi connectivity index (χ1v) is 7.83. The molecule has 0 radical (unpaired) electrons. The van der Waals surface area contributed by atoms with E-state index in [0.717, 1.165) is 16.4 Å². The van der Waals surface area contributed by atoms with Gasteiger partial charge in [0.25, 0.3) is 0 Å². The Hall–Kier alpha value is -1.61. The van der Waals surface area contributed by atoms with Crippen LogP contribution in [0.5, 0.6) is 0 Å². The van der Waals surface area contributed by atoms with Crippen molar-refractivity contribution in [1.82, 2.24) is 9.55 Å². The standard InChI is InChI=1S/C17H15BrN2/c18-13-9-10-14-16(11-13)20-15(7-4-8-17(20)19-14)12-5-2-1-3-6-12/h1-3,5-6,9-11,15H,4,7-8H2. The number of aromatic nitrogens is 2. The predicted molar refractivity (Wildman–Crippen MR) is 85.0 cm³/mol. The minimum Gasteiger partial charge on any atom is -0.320 e. The Balaban J connectivity index is 1.95. The van der Waals surface area contributed by atoms with Crippen molar-refractivity contribution >= 4 is 27.0 Å². The van der Waals surface area contributed by atoms with Gasteiger partial charge in [0.1, 0.15) is 5.82 Å². The van der Waals surface area contributed by atoms with Crippen LogP contribution < -0.4 is 0 Å².